The van der Waals surface area contributed by atoms with Crippen molar-refractivity contribution in [3.05, 3.63) is 41.0 Å². The van der Waals surface area contributed by atoms with Crippen molar-refractivity contribution in [2.45, 2.75) is 26.1 Å². The van der Waals surface area contributed by atoms with Gasteiger partial charge < -0.3 is 14.0 Å². The van der Waals surface area contributed by atoms with Crippen LogP contribution >= 0.6 is 11.6 Å². The van der Waals surface area contributed by atoms with Crippen LogP contribution in [0.5, 0.6) is 5.75 Å². The first kappa shape index (κ1) is 16.2. The summed E-state index contributed by atoms with van der Waals surface area (Å²) in [4.78, 5) is 6.55. The van der Waals surface area contributed by atoms with Gasteiger partial charge in [0.25, 0.3) is 5.89 Å². The first-order valence-corrected chi connectivity index (χ1v) is 8.04. The van der Waals surface area contributed by atoms with Crippen LogP contribution in [0.3, 0.4) is 0 Å². The fourth-order valence-electron chi connectivity index (χ4n) is 2.65. The molecule has 1 aliphatic rings. The second kappa shape index (κ2) is 7.29. The molecule has 0 amide bonds. The Balaban J connectivity index is 1.53. The zero-order chi connectivity index (χ0) is 16.2. The fraction of sp³-hybridized carbons (Fsp3) is 0.500. The number of aryl methyl sites for hydroxylation is 1. The molecule has 1 aromatic carbocycles. The van der Waals surface area contributed by atoms with Gasteiger partial charge in [-0.25, -0.2) is 0 Å². The van der Waals surface area contributed by atoms with Gasteiger partial charge in [-0.2, -0.15) is 4.98 Å². The molecule has 2 aromatic rings. The Kier molecular flexibility index (Phi) is 5.15. The van der Waals surface area contributed by atoms with E-state index < -0.39 is 0 Å². The molecule has 0 bridgehead atoms. The van der Waals surface area contributed by atoms with E-state index in [9.17, 15) is 0 Å². The van der Waals surface area contributed by atoms with Gasteiger partial charge in [0, 0.05) is 24.7 Å². The van der Waals surface area contributed by atoms with Crippen LogP contribution in [0.25, 0.3) is 0 Å². The Hall–Kier alpha value is -1.63. The van der Waals surface area contributed by atoms with Crippen molar-refractivity contribution in [1.82, 2.24) is 15.0 Å². The highest BCUT2D eigenvalue weighted by atomic mass is 35.5. The number of aromatic nitrogens is 2. The standard InChI is InChI=1S/C16H20ClN3O3/c1-11-9-20(6-7-21-14-5-3-4-13(17)8-14)10-15(22-11)16-18-12(2)19-23-16/h3-5,8,11,15H,6-7,9-10H2,1-2H3/t11-,15-/m1/s1. The largest absolute Gasteiger partial charge is 0.492 e. The molecule has 6 nitrogen and oxygen atoms in total. The topological polar surface area (TPSA) is 60.6 Å². The van der Waals surface area contributed by atoms with Gasteiger partial charge in [0.2, 0.25) is 0 Å². The molecule has 2 heterocycles. The zero-order valence-corrected chi connectivity index (χ0v) is 14.0. The Morgan fingerprint density at radius 2 is 2.26 bits per heavy atom. The van der Waals surface area contributed by atoms with E-state index in [1.165, 1.54) is 0 Å². The SMILES string of the molecule is Cc1noc([C@H]2CN(CCOc3cccc(Cl)c3)C[C@@H](C)O2)n1. The monoisotopic (exact) mass is 337 g/mol. The van der Waals surface area contributed by atoms with Gasteiger partial charge in [-0.15, -0.1) is 0 Å². The highest BCUT2D eigenvalue weighted by Crippen LogP contribution is 2.24. The molecule has 2 atom stereocenters. The van der Waals surface area contributed by atoms with Gasteiger partial charge in [-0.05, 0) is 32.0 Å². The van der Waals surface area contributed by atoms with Crippen molar-refractivity contribution >= 4 is 11.6 Å². The van der Waals surface area contributed by atoms with Crippen LogP contribution < -0.4 is 4.74 Å². The molecule has 0 spiro atoms. The van der Waals surface area contributed by atoms with E-state index in [0.29, 0.717) is 29.9 Å². The number of halogens is 1. The quantitative estimate of drug-likeness (QED) is 0.836. The molecule has 0 radical (unpaired) electrons. The highest BCUT2D eigenvalue weighted by molar-refractivity contribution is 6.30. The Morgan fingerprint density at radius 1 is 1.39 bits per heavy atom. The fourth-order valence-corrected chi connectivity index (χ4v) is 2.83. The Labute approximate surface area is 140 Å². The first-order chi connectivity index (χ1) is 11.1. The minimum atomic E-state index is -0.189. The maximum atomic E-state index is 5.95. The van der Waals surface area contributed by atoms with E-state index in [1.54, 1.807) is 6.92 Å². The van der Waals surface area contributed by atoms with Gasteiger partial charge in [0.1, 0.15) is 18.5 Å². The second-order valence-electron chi connectivity index (χ2n) is 5.68. The van der Waals surface area contributed by atoms with E-state index in [4.69, 9.17) is 25.6 Å². The summed E-state index contributed by atoms with van der Waals surface area (Å²) in [6.45, 7) is 6.79. The molecule has 124 valence electrons. The van der Waals surface area contributed by atoms with Crippen LogP contribution in [0, 0.1) is 6.92 Å². The minimum Gasteiger partial charge on any atom is -0.492 e. The number of nitrogens with zero attached hydrogens (tertiary/aromatic N) is 3. The lowest BCUT2D eigenvalue weighted by molar-refractivity contribution is -0.0923. The third-order valence-electron chi connectivity index (χ3n) is 3.63. The number of morpholine rings is 1. The van der Waals surface area contributed by atoms with Crippen molar-refractivity contribution in [2.75, 3.05) is 26.2 Å². The van der Waals surface area contributed by atoms with Crippen molar-refractivity contribution < 1.29 is 14.0 Å². The molecule has 7 heteroatoms. The minimum absolute atomic E-state index is 0.104. The molecule has 1 aliphatic heterocycles. The van der Waals surface area contributed by atoms with E-state index >= 15 is 0 Å². The third-order valence-corrected chi connectivity index (χ3v) is 3.86. The molecule has 0 unspecified atom stereocenters. The summed E-state index contributed by atoms with van der Waals surface area (Å²) in [6.07, 6.45) is -0.0850. The van der Waals surface area contributed by atoms with Crippen molar-refractivity contribution in [3.8, 4) is 5.75 Å². The maximum absolute atomic E-state index is 5.95. The van der Waals surface area contributed by atoms with Crippen molar-refractivity contribution in [1.29, 1.82) is 0 Å². The average molecular weight is 338 g/mol. The summed E-state index contributed by atoms with van der Waals surface area (Å²) in [6, 6.07) is 7.42. The molecule has 23 heavy (non-hydrogen) atoms. The van der Waals surface area contributed by atoms with Crippen molar-refractivity contribution in [2.24, 2.45) is 0 Å². The highest BCUT2D eigenvalue weighted by Gasteiger charge is 2.30. The van der Waals surface area contributed by atoms with Crippen LogP contribution in [-0.4, -0.2) is 47.4 Å². The van der Waals surface area contributed by atoms with E-state index in [-0.39, 0.29) is 12.2 Å². The lowest BCUT2D eigenvalue weighted by Gasteiger charge is -2.35. The van der Waals surface area contributed by atoms with E-state index in [2.05, 4.69) is 15.0 Å². The summed E-state index contributed by atoms with van der Waals surface area (Å²) in [5.41, 5.74) is 0. The first-order valence-electron chi connectivity index (χ1n) is 7.66. The van der Waals surface area contributed by atoms with Crippen LogP contribution in [0.15, 0.2) is 28.8 Å². The molecule has 0 saturated carbocycles. The van der Waals surface area contributed by atoms with Gasteiger partial charge in [0.15, 0.2) is 5.82 Å². The van der Waals surface area contributed by atoms with E-state index in [1.807, 2.05) is 31.2 Å². The predicted octanol–water partition coefficient (Wildman–Crippen LogP) is 2.87. The smallest absolute Gasteiger partial charge is 0.257 e. The molecular weight excluding hydrogens is 318 g/mol. The Morgan fingerprint density at radius 3 is 3.00 bits per heavy atom. The van der Waals surface area contributed by atoms with Gasteiger partial charge in [-0.3, -0.25) is 4.90 Å². The van der Waals surface area contributed by atoms with Crippen molar-refractivity contribution in [3.63, 3.8) is 0 Å². The normalized spacial score (nSPS) is 22.2. The lowest BCUT2D eigenvalue weighted by atomic mass is 10.2. The molecule has 1 fully saturated rings. The summed E-state index contributed by atoms with van der Waals surface area (Å²) in [7, 11) is 0. The zero-order valence-electron chi connectivity index (χ0n) is 13.2. The number of ether oxygens (including phenoxy) is 2. The predicted molar refractivity (Wildman–Crippen MR) is 85.7 cm³/mol. The Bertz CT molecular complexity index is 649. The summed E-state index contributed by atoms with van der Waals surface area (Å²) in [5, 5.41) is 4.51. The van der Waals surface area contributed by atoms with Gasteiger partial charge >= 0.3 is 0 Å². The molecule has 0 N–H and O–H groups in total. The molecule has 1 saturated heterocycles. The summed E-state index contributed by atoms with van der Waals surface area (Å²) in [5.74, 6) is 1.94. The number of hydrogen-bond donors (Lipinski definition) is 0. The van der Waals surface area contributed by atoms with Crippen LogP contribution in [0.2, 0.25) is 5.02 Å². The third kappa shape index (κ3) is 4.43. The molecular formula is C16H20ClN3O3. The molecule has 0 aliphatic carbocycles. The molecule has 1 aromatic heterocycles. The number of rotatable bonds is 5. The van der Waals surface area contributed by atoms with Gasteiger partial charge in [0.05, 0.1) is 6.10 Å². The van der Waals surface area contributed by atoms with Crippen LogP contribution in [0.1, 0.15) is 24.7 Å². The average Bonchev–Trinajstić information content (AvgIpc) is 2.93. The second-order valence-corrected chi connectivity index (χ2v) is 6.12. The number of benzene rings is 1. The number of hydrogen-bond acceptors (Lipinski definition) is 6. The summed E-state index contributed by atoms with van der Waals surface area (Å²) < 4.78 is 16.9. The lowest BCUT2D eigenvalue weighted by Crippen LogP contribution is -2.44. The van der Waals surface area contributed by atoms with E-state index in [0.717, 1.165) is 18.8 Å². The van der Waals surface area contributed by atoms with Crippen LogP contribution in [-0.2, 0) is 4.74 Å². The van der Waals surface area contributed by atoms with Gasteiger partial charge in [-0.1, -0.05) is 22.8 Å². The van der Waals surface area contributed by atoms with Crippen LogP contribution in [0.4, 0.5) is 0 Å². The summed E-state index contributed by atoms with van der Waals surface area (Å²) >= 11 is 5.95. The molecule has 3 rings (SSSR count). The maximum Gasteiger partial charge on any atom is 0.257 e.